The highest BCUT2D eigenvalue weighted by molar-refractivity contribution is 4.80. The summed E-state index contributed by atoms with van der Waals surface area (Å²) >= 11 is 0. The fourth-order valence-electron chi connectivity index (χ4n) is 4.34. The summed E-state index contributed by atoms with van der Waals surface area (Å²) in [6.07, 6.45) is 10.9. The maximum atomic E-state index is 6.19. The van der Waals surface area contributed by atoms with Crippen molar-refractivity contribution in [3.05, 3.63) is 0 Å². The first-order chi connectivity index (χ1) is 11.6. The summed E-state index contributed by atoms with van der Waals surface area (Å²) in [6, 6.07) is 1.38. The van der Waals surface area contributed by atoms with Crippen LogP contribution in [0, 0.1) is 11.8 Å². The average Bonchev–Trinajstić information content (AvgIpc) is 2.63. The molecule has 2 aliphatic rings. The van der Waals surface area contributed by atoms with Crippen LogP contribution < -0.4 is 5.32 Å². The highest BCUT2D eigenvalue weighted by Crippen LogP contribution is 2.27. The van der Waals surface area contributed by atoms with Gasteiger partial charge in [-0.05, 0) is 76.8 Å². The van der Waals surface area contributed by atoms with Gasteiger partial charge in [0.1, 0.15) is 0 Å². The molecule has 0 aromatic carbocycles. The first-order valence-corrected chi connectivity index (χ1v) is 10.7. The number of hydrogen-bond acceptors (Lipinski definition) is 3. The molecule has 1 saturated heterocycles. The molecule has 2 unspecified atom stereocenters. The van der Waals surface area contributed by atoms with Crippen molar-refractivity contribution < 1.29 is 4.74 Å². The Kier molecular flexibility index (Phi) is 9.07. The van der Waals surface area contributed by atoms with Crippen molar-refractivity contribution in [3.63, 3.8) is 0 Å². The first-order valence-electron chi connectivity index (χ1n) is 10.7. The molecule has 1 aliphatic heterocycles. The molecule has 3 nitrogen and oxygen atoms in total. The van der Waals surface area contributed by atoms with Crippen LogP contribution in [0.1, 0.15) is 79.1 Å². The molecule has 3 heteroatoms. The molecule has 1 aliphatic carbocycles. The van der Waals surface area contributed by atoms with E-state index in [4.69, 9.17) is 4.74 Å². The van der Waals surface area contributed by atoms with Crippen LogP contribution in [0.5, 0.6) is 0 Å². The van der Waals surface area contributed by atoms with Gasteiger partial charge in [-0.1, -0.05) is 27.2 Å². The number of ether oxygens (including phenoxy) is 1. The molecule has 0 amide bonds. The van der Waals surface area contributed by atoms with Gasteiger partial charge in [0.05, 0.1) is 12.7 Å². The van der Waals surface area contributed by atoms with E-state index < -0.39 is 0 Å². The monoisotopic (exact) mass is 338 g/mol. The van der Waals surface area contributed by atoms with Crippen molar-refractivity contribution >= 4 is 0 Å². The van der Waals surface area contributed by atoms with E-state index >= 15 is 0 Å². The Morgan fingerprint density at radius 2 is 1.62 bits per heavy atom. The molecule has 2 fully saturated rings. The molecule has 0 bridgehead atoms. The Hall–Kier alpha value is -0.120. The van der Waals surface area contributed by atoms with Gasteiger partial charge in [-0.3, -0.25) is 0 Å². The largest absolute Gasteiger partial charge is 0.377 e. The molecule has 24 heavy (non-hydrogen) atoms. The standard InChI is InChI=1S/C21H42N2O/c1-5-17(3)19-11-13-23(14-12-19)15-16-24-21-9-7-20(8-10-21)22-18(4)6-2/h17-22H,5-16H2,1-4H3. The molecule has 1 heterocycles. The van der Waals surface area contributed by atoms with Gasteiger partial charge in [-0.25, -0.2) is 0 Å². The Morgan fingerprint density at radius 3 is 2.21 bits per heavy atom. The van der Waals surface area contributed by atoms with Crippen molar-refractivity contribution in [1.29, 1.82) is 0 Å². The quantitative estimate of drug-likeness (QED) is 0.672. The summed E-state index contributed by atoms with van der Waals surface area (Å²) < 4.78 is 6.19. The Balaban J connectivity index is 1.53. The highest BCUT2D eigenvalue weighted by atomic mass is 16.5. The average molecular weight is 339 g/mol. The minimum absolute atomic E-state index is 0.512. The smallest absolute Gasteiger partial charge is 0.0597 e. The van der Waals surface area contributed by atoms with E-state index in [1.807, 2.05) is 0 Å². The zero-order chi connectivity index (χ0) is 17.4. The highest BCUT2D eigenvalue weighted by Gasteiger charge is 2.24. The van der Waals surface area contributed by atoms with E-state index in [1.54, 1.807) is 0 Å². The van der Waals surface area contributed by atoms with Crippen molar-refractivity contribution in [2.24, 2.45) is 11.8 Å². The number of piperidine rings is 1. The third-order valence-corrected chi connectivity index (χ3v) is 6.65. The van der Waals surface area contributed by atoms with E-state index in [0.717, 1.165) is 31.0 Å². The topological polar surface area (TPSA) is 24.5 Å². The summed E-state index contributed by atoms with van der Waals surface area (Å²) in [5.41, 5.74) is 0. The van der Waals surface area contributed by atoms with Gasteiger partial charge in [0.2, 0.25) is 0 Å². The lowest BCUT2D eigenvalue weighted by Gasteiger charge is -2.35. The lowest BCUT2D eigenvalue weighted by molar-refractivity contribution is 0.00535. The second kappa shape index (κ2) is 10.8. The van der Waals surface area contributed by atoms with Crippen molar-refractivity contribution in [2.75, 3.05) is 26.2 Å². The number of hydrogen-bond donors (Lipinski definition) is 1. The van der Waals surface area contributed by atoms with Crippen LogP contribution in [0.25, 0.3) is 0 Å². The molecule has 0 aromatic heterocycles. The molecule has 0 spiro atoms. The summed E-state index contributed by atoms with van der Waals surface area (Å²) in [6.45, 7) is 14.0. The van der Waals surface area contributed by atoms with Gasteiger partial charge in [0, 0.05) is 18.6 Å². The van der Waals surface area contributed by atoms with Gasteiger partial charge in [-0.15, -0.1) is 0 Å². The minimum atomic E-state index is 0.512. The predicted octanol–water partition coefficient (Wildman–Crippen LogP) is 4.46. The van der Waals surface area contributed by atoms with Crippen LogP contribution in [0.15, 0.2) is 0 Å². The van der Waals surface area contributed by atoms with Crippen LogP contribution in [0.2, 0.25) is 0 Å². The van der Waals surface area contributed by atoms with Gasteiger partial charge >= 0.3 is 0 Å². The Labute approximate surface area is 150 Å². The third kappa shape index (κ3) is 6.65. The SMILES string of the molecule is CCC(C)NC1CCC(OCCN2CCC(C(C)CC)CC2)CC1. The number of nitrogens with zero attached hydrogens (tertiary/aromatic N) is 1. The second-order valence-corrected chi connectivity index (χ2v) is 8.38. The van der Waals surface area contributed by atoms with E-state index in [2.05, 4.69) is 37.9 Å². The Bertz CT molecular complexity index is 320. The molecule has 2 atom stereocenters. The number of rotatable bonds is 9. The van der Waals surface area contributed by atoms with Crippen LogP contribution in [0.3, 0.4) is 0 Å². The van der Waals surface area contributed by atoms with Gasteiger partial charge in [-0.2, -0.15) is 0 Å². The summed E-state index contributed by atoms with van der Waals surface area (Å²) in [4.78, 5) is 2.62. The fraction of sp³-hybridized carbons (Fsp3) is 1.00. The van der Waals surface area contributed by atoms with Crippen molar-refractivity contribution in [1.82, 2.24) is 10.2 Å². The molecule has 0 radical (unpaired) electrons. The molecule has 142 valence electrons. The van der Waals surface area contributed by atoms with Crippen molar-refractivity contribution in [3.8, 4) is 0 Å². The van der Waals surface area contributed by atoms with E-state index in [9.17, 15) is 0 Å². The molecule has 1 saturated carbocycles. The lowest BCUT2D eigenvalue weighted by atomic mass is 9.84. The van der Waals surface area contributed by atoms with Crippen LogP contribution >= 0.6 is 0 Å². The maximum Gasteiger partial charge on any atom is 0.0597 e. The third-order valence-electron chi connectivity index (χ3n) is 6.65. The second-order valence-electron chi connectivity index (χ2n) is 8.38. The predicted molar refractivity (Wildman–Crippen MR) is 104 cm³/mol. The van der Waals surface area contributed by atoms with Gasteiger partial charge in [0.25, 0.3) is 0 Å². The van der Waals surface area contributed by atoms with Crippen LogP contribution in [-0.4, -0.2) is 49.3 Å². The molecule has 2 rings (SSSR count). The summed E-state index contributed by atoms with van der Waals surface area (Å²) in [5.74, 6) is 1.86. The molecular weight excluding hydrogens is 296 g/mol. The molecule has 0 aromatic rings. The van der Waals surface area contributed by atoms with Gasteiger partial charge in [0.15, 0.2) is 0 Å². The van der Waals surface area contributed by atoms with E-state index in [1.165, 1.54) is 64.5 Å². The number of likely N-dealkylation sites (tertiary alicyclic amines) is 1. The zero-order valence-corrected chi connectivity index (χ0v) is 16.7. The number of nitrogens with one attached hydrogen (secondary N) is 1. The molecular formula is C21H42N2O. The maximum absolute atomic E-state index is 6.19. The summed E-state index contributed by atoms with van der Waals surface area (Å²) in [7, 11) is 0. The fourth-order valence-corrected chi connectivity index (χ4v) is 4.34. The van der Waals surface area contributed by atoms with Crippen LogP contribution in [-0.2, 0) is 4.74 Å². The minimum Gasteiger partial charge on any atom is -0.377 e. The molecule has 1 N–H and O–H groups in total. The van der Waals surface area contributed by atoms with Crippen molar-refractivity contribution in [2.45, 2.75) is 97.2 Å². The van der Waals surface area contributed by atoms with Crippen LogP contribution in [0.4, 0.5) is 0 Å². The van der Waals surface area contributed by atoms with Gasteiger partial charge < -0.3 is 15.0 Å². The van der Waals surface area contributed by atoms with E-state index in [-0.39, 0.29) is 0 Å². The van der Waals surface area contributed by atoms with E-state index in [0.29, 0.717) is 12.1 Å². The lowest BCUT2D eigenvalue weighted by Crippen LogP contribution is -2.41. The first kappa shape index (κ1) is 20.2. The summed E-state index contributed by atoms with van der Waals surface area (Å²) in [5, 5.41) is 3.75. The normalized spacial score (nSPS) is 29.5. The zero-order valence-electron chi connectivity index (χ0n) is 16.7. The Morgan fingerprint density at radius 1 is 0.958 bits per heavy atom.